The van der Waals surface area contributed by atoms with Crippen molar-refractivity contribution >= 4 is 50.7 Å². The first-order valence-corrected chi connectivity index (χ1v) is 6.34. The van der Waals surface area contributed by atoms with Crippen molar-refractivity contribution in [1.82, 2.24) is 0 Å². The van der Waals surface area contributed by atoms with Gasteiger partial charge in [0.15, 0.2) is 0 Å². The lowest BCUT2D eigenvalue weighted by Gasteiger charge is -2.22. The summed E-state index contributed by atoms with van der Waals surface area (Å²) in [6.45, 7) is 3.33. The van der Waals surface area contributed by atoms with E-state index in [1.807, 2.05) is 0 Å². The van der Waals surface area contributed by atoms with Gasteiger partial charge >= 0.3 is 0 Å². The van der Waals surface area contributed by atoms with E-state index < -0.39 is 5.60 Å². The molecule has 6 heteroatoms. The van der Waals surface area contributed by atoms with E-state index in [2.05, 4.69) is 21.2 Å². The molecule has 1 aromatic carbocycles. The van der Waals surface area contributed by atoms with Crippen molar-refractivity contribution in [3.8, 4) is 0 Å². The first-order valence-electron chi connectivity index (χ1n) is 4.79. The zero-order valence-electron chi connectivity index (χ0n) is 9.61. The maximum atomic E-state index is 11.9. The highest BCUT2D eigenvalue weighted by Gasteiger charge is 2.27. The van der Waals surface area contributed by atoms with Crippen molar-refractivity contribution in [2.45, 2.75) is 19.4 Å². The molecule has 0 radical (unpaired) electrons. The number of carbonyl (C=O) groups excluding carboxylic acids is 1. The number of methoxy groups -OCH3 is 1. The Morgan fingerprint density at radius 1 is 1.35 bits per heavy atom. The molecule has 0 aromatic heterocycles. The molecule has 0 aliphatic rings. The van der Waals surface area contributed by atoms with Gasteiger partial charge in [-0.15, -0.1) is 0 Å². The number of nitrogens with one attached hydrogen (secondary N) is 1. The second-order valence-electron chi connectivity index (χ2n) is 3.89. The summed E-state index contributed by atoms with van der Waals surface area (Å²) in [5, 5.41) is 3.32. The normalized spacial score (nSPS) is 11.4. The van der Waals surface area contributed by atoms with Crippen LogP contribution in [0.1, 0.15) is 13.8 Å². The van der Waals surface area contributed by atoms with Gasteiger partial charge < -0.3 is 10.1 Å². The first-order chi connectivity index (χ1) is 7.79. The molecule has 94 valence electrons. The predicted octanol–water partition coefficient (Wildman–Crippen LogP) is 4.12. The van der Waals surface area contributed by atoms with E-state index in [0.717, 1.165) is 0 Å². The third-order valence-electron chi connectivity index (χ3n) is 2.34. The standard InChI is InChI=1S/C11H12BrCl2NO2/c1-11(2,17-3)10(16)15-7-5-4-6(12)8(13)9(7)14/h4-5H,1-3H3,(H,15,16). The van der Waals surface area contributed by atoms with Crippen LogP contribution in [0.15, 0.2) is 16.6 Å². The molecule has 0 unspecified atom stereocenters. The minimum Gasteiger partial charge on any atom is -0.369 e. The van der Waals surface area contributed by atoms with Crippen molar-refractivity contribution < 1.29 is 9.53 Å². The summed E-state index contributed by atoms with van der Waals surface area (Å²) in [6.07, 6.45) is 0. The van der Waals surface area contributed by atoms with Crippen molar-refractivity contribution in [3.05, 3.63) is 26.7 Å². The Labute approximate surface area is 119 Å². The van der Waals surface area contributed by atoms with Gasteiger partial charge in [0.2, 0.25) is 0 Å². The lowest BCUT2D eigenvalue weighted by atomic mass is 10.1. The van der Waals surface area contributed by atoms with Crippen LogP contribution in [0, 0.1) is 0 Å². The highest BCUT2D eigenvalue weighted by Crippen LogP contribution is 2.36. The van der Waals surface area contributed by atoms with Crippen LogP contribution in [0.3, 0.4) is 0 Å². The maximum absolute atomic E-state index is 11.9. The molecule has 0 fully saturated rings. The average molecular weight is 341 g/mol. The summed E-state index contributed by atoms with van der Waals surface area (Å²) in [5.41, 5.74) is -0.474. The van der Waals surface area contributed by atoms with Crippen LogP contribution in [0.4, 0.5) is 5.69 Å². The molecule has 0 atom stereocenters. The number of ether oxygens (including phenoxy) is 1. The van der Waals surface area contributed by atoms with Gasteiger partial charge in [-0.1, -0.05) is 23.2 Å². The number of benzene rings is 1. The molecule has 1 amide bonds. The van der Waals surface area contributed by atoms with E-state index in [0.29, 0.717) is 20.2 Å². The van der Waals surface area contributed by atoms with E-state index in [1.54, 1.807) is 26.0 Å². The molecule has 1 N–H and O–H groups in total. The van der Waals surface area contributed by atoms with Crippen molar-refractivity contribution in [3.63, 3.8) is 0 Å². The molecule has 0 aliphatic heterocycles. The lowest BCUT2D eigenvalue weighted by molar-refractivity contribution is -0.133. The van der Waals surface area contributed by atoms with Gasteiger partial charge in [0.1, 0.15) is 5.60 Å². The molecule has 0 spiro atoms. The summed E-state index contributed by atoms with van der Waals surface area (Å²) in [7, 11) is 1.47. The van der Waals surface area contributed by atoms with Gasteiger partial charge in [0, 0.05) is 11.6 Å². The lowest BCUT2D eigenvalue weighted by Crippen LogP contribution is -2.38. The van der Waals surface area contributed by atoms with E-state index in [4.69, 9.17) is 27.9 Å². The van der Waals surface area contributed by atoms with Crippen LogP contribution in [0.5, 0.6) is 0 Å². The average Bonchev–Trinajstić information content (AvgIpc) is 2.29. The fourth-order valence-corrected chi connectivity index (χ4v) is 1.81. The molecular weight excluding hydrogens is 329 g/mol. The molecule has 0 saturated carbocycles. The molecular formula is C11H12BrCl2NO2. The van der Waals surface area contributed by atoms with E-state index in [-0.39, 0.29) is 5.91 Å². The predicted molar refractivity (Wildman–Crippen MR) is 73.9 cm³/mol. The third-order valence-corrected chi connectivity index (χ3v) is 4.11. The Bertz CT molecular complexity index is 449. The summed E-state index contributed by atoms with van der Waals surface area (Å²) in [5.74, 6) is -0.291. The SMILES string of the molecule is COC(C)(C)C(=O)Nc1ccc(Br)c(Cl)c1Cl. The molecule has 1 aromatic rings. The number of hydrogen-bond acceptors (Lipinski definition) is 2. The quantitative estimate of drug-likeness (QED) is 0.840. The van der Waals surface area contributed by atoms with E-state index >= 15 is 0 Å². The summed E-state index contributed by atoms with van der Waals surface area (Å²) < 4.78 is 5.74. The van der Waals surface area contributed by atoms with Crippen LogP contribution in [-0.2, 0) is 9.53 Å². The number of halogens is 3. The number of anilines is 1. The Morgan fingerprint density at radius 3 is 2.47 bits per heavy atom. The Kier molecular flexibility index (Phi) is 4.84. The first kappa shape index (κ1) is 14.8. The highest BCUT2D eigenvalue weighted by atomic mass is 79.9. The summed E-state index contributed by atoms with van der Waals surface area (Å²) in [6, 6.07) is 3.38. The second kappa shape index (κ2) is 5.57. The molecule has 3 nitrogen and oxygen atoms in total. The Balaban J connectivity index is 2.98. The van der Waals surface area contributed by atoms with E-state index in [1.165, 1.54) is 7.11 Å². The van der Waals surface area contributed by atoms with Gasteiger partial charge in [-0.05, 0) is 41.9 Å². The van der Waals surface area contributed by atoms with Crippen molar-refractivity contribution in [2.24, 2.45) is 0 Å². The van der Waals surface area contributed by atoms with Crippen LogP contribution in [0.2, 0.25) is 10.0 Å². The Hall–Kier alpha value is -0.290. The van der Waals surface area contributed by atoms with Crippen LogP contribution in [-0.4, -0.2) is 18.6 Å². The highest BCUT2D eigenvalue weighted by molar-refractivity contribution is 9.10. The van der Waals surface area contributed by atoms with Gasteiger partial charge in [-0.3, -0.25) is 4.79 Å². The zero-order valence-corrected chi connectivity index (χ0v) is 12.7. The second-order valence-corrected chi connectivity index (χ2v) is 5.50. The van der Waals surface area contributed by atoms with Crippen LogP contribution >= 0.6 is 39.1 Å². The van der Waals surface area contributed by atoms with Crippen molar-refractivity contribution in [1.29, 1.82) is 0 Å². The zero-order chi connectivity index (χ0) is 13.2. The third kappa shape index (κ3) is 3.35. The minimum absolute atomic E-state index is 0.291. The van der Waals surface area contributed by atoms with Crippen LogP contribution in [0.25, 0.3) is 0 Å². The fourth-order valence-electron chi connectivity index (χ4n) is 0.988. The largest absolute Gasteiger partial charge is 0.369 e. The molecule has 0 saturated heterocycles. The van der Waals surface area contributed by atoms with Gasteiger partial charge in [0.25, 0.3) is 5.91 Å². The fraction of sp³-hybridized carbons (Fsp3) is 0.364. The van der Waals surface area contributed by atoms with Gasteiger partial charge in [0.05, 0.1) is 15.7 Å². The number of hydrogen-bond donors (Lipinski definition) is 1. The van der Waals surface area contributed by atoms with E-state index in [9.17, 15) is 4.79 Å². The molecule has 17 heavy (non-hydrogen) atoms. The molecule has 0 aliphatic carbocycles. The smallest absolute Gasteiger partial charge is 0.256 e. The van der Waals surface area contributed by atoms with Gasteiger partial charge in [-0.2, -0.15) is 0 Å². The monoisotopic (exact) mass is 339 g/mol. The minimum atomic E-state index is -0.928. The molecule has 0 heterocycles. The molecule has 0 bridgehead atoms. The number of amides is 1. The van der Waals surface area contributed by atoms with Crippen LogP contribution < -0.4 is 5.32 Å². The maximum Gasteiger partial charge on any atom is 0.256 e. The number of carbonyl (C=O) groups is 1. The van der Waals surface area contributed by atoms with Crippen molar-refractivity contribution in [2.75, 3.05) is 12.4 Å². The Morgan fingerprint density at radius 2 is 1.94 bits per heavy atom. The summed E-state index contributed by atoms with van der Waals surface area (Å²) in [4.78, 5) is 11.9. The summed E-state index contributed by atoms with van der Waals surface area (Å²) >= 11 is 15.2. The molecule has 1 rings (SSSR count). The van der Waals surface area contributed by atoms with Gasteiger partial charge in [-0.25, -0.2) is 0 Å². The number of rotatable bonds is 3. The topological polar surface area (TPSA) is 38.3 Å².